The molecule has 1 aliphatic heterocycles. The SMILES string of the molecule is C=CC(=O)N1CCN(c2nc(N(C)CCOCCOCCOCCOCCOCCOCCNS(=O)(=O)c3ccc(Nc4ncc(Br)c(Nc5cccc(F)c5C(N)=O)n4)cc3)nc3c(F)c(-c4cc(O)cc5ccccc45)c(Cl)cc23)CC1. The van der Waals surface area contributed by atoms with E-state index in [-0.39, 0.29) is 88.0 Å². The molecule has 446 valence electrons. The van der Waals surface area contributed by atoms with Gasteiger partial charge in [-0.25, -0.2) is 31.9 Å². The summed E-state index contributed by atoms with van der Waals surface area (Å²) in [5.74, 6) is -1.49. The summed E-state index contributed by atoms with van der Waals surface area (Å²) in [5, 5.41) is 18.5. The number of hydrogen-bond donors (Lipinski definition) is 5. The van der Waals surface area contributed by atoms with Crippen LogP contribution in [0.5, 0.6) is 5.75 Å². The first-order valence-electron chi connectivity index (χ1n) is 26.6. The normalized spacial score (nSPS) is 12.7. The largest absolute Gasteiger partial charge is 0.508 e. The van der Waals surface area contributed by atoms with E-state index in [1.807, 2.05) is 29.2 Å². The molecule has 0 saturated carbocycles. The van der Waals surface area contributed by atoms with E-state index in [0.29, 0.717) is 124 Å². The molecular weight excluding hydrogens is 1200 g/mol. The average Bonchev–Trinajstić information content (AvgIpc) is 3.05. The summed E-state index contributed by atoms with van der Waals surface area (Å²) >= 11 is 10.2. The van der Waals surface area contributed by atoms with Gasteiger partial charge in [0.2, 0.25) is 27.8 Å². The molecule has 6 N–H and O–H groups in total. The Balaban J connectivity index is 0.665. The van der Waals surface area contributed by atoms with Crippen LogP contribution in [-0.2, 0) is 43.2 Å². The van der Waals surface area contributed by atoms with Crippen LogP contribution in [-0.4, -0.2) is 176 Å². The van der Waals surface area contributed by atoms with Crippen LogP contribution in [0.2, 0.25) is 5.02 Å². The highest BCUT2D eigenvalue weighted by Crippen LogP contribution is 2.43. The number of nitrogens with zero attached hydrogens (tertiary/aromatic N) is 7. The number of rotatable bonds is 32. The van der Waals surface area contributed by atoms with E-state index in [4.69, 9.17) is 55.7 Å². The number of primary amides is 1. The number of carbonyl (C=O) groups excluding carboxylic acids is 2. The molecule has 2 amide bonds. The number of phenols is 1. The van der Waals surface area contributed by atoms with Crippen molar-refractivity contribution in [3.05, 3.63) is 130 Å². The first-order chi connectivity index (χ1) is 40.6. The molecule has 3 heterocycles. The van der Waals surface area contributed by atoms with Gasteiger partial charge in [0, 0.05) is 69.2 Å². The van der Waals surface area contributed by atoms with E-state index < -0.39 is 27.6 Å². The van der Waals surface area contributed by atoms with Gasteiger partial charge in [0.1, 0.15) is 28.7 Å². The maximum Gasteiger partial charge on any atom is 0.253 e. The molecule has 84 heavy (non-hydrogen) atoms. The van der Waals surface area contributed by atoms with Crippen molar-refractivity contribution in [2.24, 2.45) is 5.73 Å². The zero-order valence-corrected chi connectivity index (χ0v) is 49.0. The highest BCUT2D eigenvalue weighted by Gasteiger charge is 2.27. The Hall–Kier alpha value is -7.24. The number of piperazine rings is 1. The van der Waals surface area contributed by atoms with Crippen LogP contribution in [0.15, 0.2) is 113 Å². The molecule has 0 atom stereocenters. The molecule has 1 saturated heterocycles. The third-order valence-corrected chi connectivity index (χ3v) is 15.4. The van der Waals surface area contributed by atoms with E-state index in [2.05, 4.69) is 47.8 Å². The second-order valence-electron chi connectivity index (χ2n) is 18.7. The zero-order valence-electron chi connectivity index (χ0n) is 45.8. The summed E-state index contributed by atoms with van der Waals surface area (Å²) in [6.45, 7) is 9.50. The van der Waals surface area contributed by atoms with E-state index in [0.717, 1.165) is 11.5 Å². The number of sulfonamides is 1. The van der Waals surface area contributed by atoms with Crippen molar-refractivity contribution in [2.45, 2.75) is 4.90 Å². The lowest BCUT2D eigenvalue weighted by molar-refractivity contribution is -0.126. The highest BCUT2D eigenvalue weighted by atomic mass is 79.9. The number of carbonyl (C=O) groups is 2. The van der Waals surface area contributed by atoms with Gasteiger partial charge in [0.25, 0.3) is 5.91 Å². The van der Waals surface area contributed by atoms with Crippen LogP contribution in [0.4, 0.5) is 43.7 Å². The summed E-state index contributed by atoms with van der Waals surface area (Å²) in [6.07, 6.45) is 2.73. The van der Waals surface area contributed by atoms with Gasteiger partial charge < -0.3 is 64.6 Å². The second-order valence-corrected chi connectivity index (χ2v) is 21.7. The maximum absolute atomic E-state index is 17.0. The topological polar surface area (TPSA) is 267 Å². The Kier molecular flexibility index (Phi) is 22.8. The Morgan fingerprint density at radius 2 is 1.43 bits per heavy atom. The fourth-order valence-corrected chi connectivity index (χ4v) is 10.4. The molecular formula is C57H63BrClF2N11O11S. The van der Waals surface area contributed by atoms with Gasteiger partial charge in [-0.15, -0.1) is 0 Å². The molecule has 1 aliphatic rings. The van der Waals surface area contributed by atoms with Gasteiger partial charge in [0.05, 0.1) is 105 Å². The van der Waals surface area contributed by atoms with Crippen LogP contribution in [0.25, 0.3) is 32.8 Å². The Labute approximate surface area is 497 Å². The smallest absolute Gasteiger partial charge is 0.253 e. The Bertz CT molecular complexity index is 3540. The fourth-order valence-electron chi connectivity index (χ4n) is 8.80. The molecule has 0 spiro atoms. The van der Waals surface area contributed by atoms with Crippen LogP contribution in [0.1, 0.15) is 10.4 Å². The maximum atomic E-state index is 17.0. The molecule has 1 fully saturated rings. The lowest BCUT2D eigenvalue weighted by Crippen LogP contribution is -2.48. The van der Waals surface area contributed by atoms with Crippen molar-refractivity contribution in [1.29, 1.82) is 0 Å². The zero-order chi connectivity index (χ0) is 59.6. The molecule has 5 aromatic carbocycles. The van der Waals surface area contributed by atoms with Gasteiger partial charge in [-0.3, -0.25) is 9.59 Å². The number of benzene rings is 5. The molecule has 0 radical (unpaired) electrons. The lowest BCUT2D eigenvalue weighted by Gasteiger charge is -2.35. The minimum absolute atomic E-state index is 0.0304. The van der Waals surface area contributed by atoms with Crippen molar-refractivity contribution in [3.8, 4) is 16.9 Å². The van der Waals surface area contributed by atoms with Crippen LogP contribution in [0.3, 0.4) is 0 Å². The van der Waals surface area contributed by atoms with Crippen molar-refractivity contribution in [2.75, 3.05) is 146 Å². The molecule has 7 aromatic rings. The number of halogens is 4. The first-order valence-corrected chi connectivity index (χ1v) is 29.3. The van der Waals surface area contributed by atoms with Crippen molar-refractivity contribution in [3.63, 3.8) is 0 Å². The number of ether oxygens (including phenoxy) is 6. The number of hydrogen-bond acceptors (Lipinski definition) is 19. The number of likely N-dealkylation sites (N-methyl/N-ethyl adjacent to an activating group) is 1. The number of nitrogens with two attached hydrogens (primary N) is 1. The molecule has 0 bridgehead atoms. The predicted molar refractivity (Wildman–Crippen MR) is 319 cm³/mol. The minimum atomic E-state index is -3.84. The summed E-state index contributed by atoms with van der Waals surface area (Å²) in [7, 11) is -2.04. The van der Waals surface area contributed by atoms with Crippen LogP contribution in [0, 0.1) is 11.6 Å². The minimum Gasteiger partial charge on any atom is -0.508 e. The number of nitrogens with one attached hydrogen (secondary N) is 3. The lowest BCUT2D eigenvalue weighted by atomic mass is 9.96. The van der Waals surface area contributed by atoms with E-state index in [9.17, 15) is 27.5 Å². The highest BCUT2D eigenvalue weighted by molar-refractivity contribution is 9.10. The summed E-state index contributed by atoms with van der Waals surface area (Å²) in [5.41, 5.74) is 6.24. The first kappa shape index (κ1) is 62.8. The van der Waals surface area contributed by atoms with Gasteiger partial charge >= 0.3 is 0 Å². The van der Waals surface area contributed by atoms with Crippen LogP contribution >= 0.6 is 27.5 Å². The molecule has 0 aliphatic carbocycles. The molecule has 27 heteroatoms. The predicted octanol–water partition coefficient (Wildman–Crippen LogP) is 7.57. The number of amides is 2. The van der Waals surface area contributed by atoms with Gasteiger partial charge in [-0.1, -0.05) is 48.5 Å². The number of aromatic nitrogens is 4. The van der Waals surface area contributed by atoms with E-state index >= 15 is 4.39 Å². The van der Waals surface area contributed by atoms with Gasteiger partial charge in [-0.05, 0) is 92.9 Å². The van der Waals surface area contributed by atoms with Crippen molar-refractivity contribution >= 4 is 106 Å². The van der Waals surface area contributed by atoms with Gasteiger partial charge in [-0.2, -0.15) is 9.97 Å². The summed E-state index contributed by atoms with van der Waals surface area (Å²) in [4.78, 5) is 47.9. The Morgan fingerprint density at radius 3 is 2.07 bits per heavy atom. The average molecular weight is 1260 g/mol. The molecule has 22 nitrogen and oxygen atoms in total. The number of fused-ring (bicyclic) bond motifs is 2. The number of aromatic hydroxyl groups is 1. The van der Waals surface area contributed by atoms with Crippen molar-refractivity contribution in [1.82, 2.24) is 29.6 Å². The molecule has 0 unspecified atom stereocenters. The third-order valence-electron chi connectivity index (χ3n) is 13.0. The van der Waals surface area contributed by atoms with Gasteiger partial charge in [0.15, 0.2) is 5.82 Å². The second kappa shape index (κ2) is 30.5. The third kappa shape index (κ3) is 16.8. The van der Waals surface area contributed by atoms with Crippen molar-refractivity contribution < 1.29 is 60.3 Å². The standard InChI is InChI=1S/C57H63BrClF2N11O11S/c1-3-48(74)71-16-18-72(19-17-71)55-43-35-45(59)49(42-34-39(73)33-37-7-4-5-8-41(37)42)51(61)52(43)67-57(69-55)70(2)20-22-79-24-26-81-28-30-83-32-31-82-29-27-80-25-23-78-21-15-64-84(76,77)40-13-11-38(12-14-40)65-56-63-36-44(58)54(68-56)66-47-10-6-9-46(60)50(47)53(62)75/h3-14,33-36,64,73H,1,15-32H2,2H3,(H2,62,75)(H2,63,65,66,68). The molecule has 2 aromatic heterocycles. The van der Waals surface area contributed by atoms with Crippen LogP contribution < -0.4 is 30.9 Å². The molecule has 8 rings (SSSR count). The quantitative estimate of drug-likeness (QED) is 0.0201. The van der Waals surface area contributed by atoms with E-state index in [1.165, 1.54) is 42.6 Å². The monoisotopic (exact) mass is 1260 g/mol. The Morgan fingerprint density at radius 1 is 0.798 bits per heavy atom. The fraction of sp³-hybridized carbons (Fsp3) is 0.333. The number of phenolic OH excluding ortho intramolecular Hbond substituents is 1. The summed E-state index contributed by atoms with van der Waals surface area (Å²) in [6, 6.07) is 22.1. The van der Waals surface area contributed by atoms with E-state index in [1.54, 1.807) is 41.1 Å². The number of anilines is 6. The summed E-state index contributed by atoms with van der Waals surface area (Å²) < 4.78 is 93.7.